The van der Waals surface area contributed by atoms with E-state index in [9.17, 15) is 4.79 Å². The normalized spacial score (nSPS) is 11.1. The number of hydrogen-bond donors (Lipinski definition) is 1. The highest BCUT2D eigenvalue weighted by molar-refractivity contribution is 7.99. The molecule has 0 saturated carbocycles. The number of methoxy groups -OCH3 is 1. The predicted molar refractivity (Wildman–Crippen MR) is 123 cm³/mol. The lowest BCUT2D eigenvalue weighted by Crippen LogP contribution is -2.13. The molecule has 1 amide bonds. The molecule has 0 unspecified atom stereocenters. The van der Waals surface area contributed by atoms with Crippen LogP contribution < -0.4 is 10.1 Å². The molecular weight excluding hydrogens is 410 g/mol. The second kappa shape index (κ2) is 9.22. The van der Waals surface area contributed by atoms with Crippen molar-refractivity contribution in [2.75, 3.05) is 12.4 Å². The Morgan fingerprint density at radius 1 is 1.06 bits per heavy atom. The summed E-state index contributed by atoms with van der Waals surface area (Å²) in [7, 11) is 1.54. The van der Waals surface area contributed by atoms with Crippen molar-refractivity contribution in [2.24, 2.45) is 0 Å². The molecule has 0 fully saturated rings. The van der Waals surface area contributed by atoms with E-state index in [1.54, 1.807) is 6.07 Å². The van der Waals surface area contributed by atoms with Crippen LogP contribution in [0.25, 0.3) is 10.8 Å². The topological polar surface area (TPSA) is 77.2 Å². The van der Waals surface area contributed by atoms with Gasteiger partial charge in [-0.3, -0.25) is 10.1 Å². The van der Waals surface area contributed by atoms with Crippen LogP contribution in [0.4, 0.5) is 6.01 Å². The van der Waals surface area contributed by atoms with Gasteiger partial charge in [-0.15, -0.1) is 16.9 Å². The van der Waals surface area contributed by atoms with E-state index in [2.05, 4.69) is 41.5 Å². The number of benzene rings is 3. The van der Waals surface area contributed by atoms with Gasteiger partial charge in [-0.25, -0.2) is 0 Å². The van der Waals surface area contributed by atoms with E-state index in [1.807, 2.05) is 54.2 Å². The highest BCUT2D eigenvalue weighted by Gasteiger charge is 2.17. The fourth-order valence-corrected chi connectivity index (χ4v) is 4.08. The largest absolute Gasteiger partial charge is 0.496 e. The van der Waals surface area contributed by atoms with Crippen LogP contribution in [-0.2, 0) is 6.42 Å². The first-order valence-corrected chi connectivity index (χ1v) is 10.9. The Balaban J connectivity index is 1.46. The lowest BCUT2D eigenvalue weighted by Gasteiger charge is -2.09. The van der Waals surface area contributed by atoms with Gasteiger partial charge in [0.05, 0.1) is 19.1 Å². The highest BCUT2D eigenvalue weighted by Crippen LogP contribution is 2.27. The van der Waals surface area contributed by atoms with Crippen LogP contribution >= 0.6 is 11.8 Å². The Kier molecular flexibility index (Phi) is 6.23. The molecule has 0 saturated heterocycles. The average Bonchev–Trinajstić information content (AvgIpc) is 3.20. The minimum atomic E-state index is -0.368. The fourth-order valence-electron chi connectivity index (χ4n) is 3.24. The third-order valence-corrected chi connectivity index (χ3v) is 5.67. The summed E-state index contributed by atoms with van der Waals surface area (Å²) in [6.45, 7) is 4.33. The standard InChI is InChI=1S/C24H23N3O3S/c1-15(2)31-19-10-8-16(9-11-19)12-22-26-27-24(30-22)25-23(28)20-13-17-6-4-5-7-18(17)14-21(20)29-3/h4-11,13-15H,12H2,1-3H3,(H,25,27,28). The quantitative estimate of drug-likeness (QED) is 0.384. The van der Waals surface area contributed by atoms with Crippen molar-refractivity contribution in [3.63, 3.8) is 0 Å². The van der Waals surface area contributed by atoms with Gasteiger partial charge in [-0.05, 0) is 40.6 Å². The molecule has 7 heteroatoms. The lowest BCUT2D eigenvalue weighted by atomic mass is 10.1. The van der Waals surface area contributed by atoms with Crippen molar-refractivity contribution in [1.29, 1.82) is 0 Å². The fraction of sp³-hybridized carbons (Fsp3) is 0.208. The van der Waals surface area contributed by atoms with Gasteiger partial charge in [0.1, 0.15) is 5.75 Å². The molecule has 1 N–H and O–H groups in total. The molecule has 1 heterocycles. The molecule has 0 aliphatic carbocycles. The van der Waals surface area contributed by atoms with Gasteiger partial charge in [0, 0.05) is 10.1 Å². The Labute approximate surface area is 185 Å². The van der Waals surface area contributed by atoms with Gasteiger partial charge >= 0.3 is 6.01 Å². The number of amides is 1. The van der Waals surface area contributed by atoms with Crippen LogP contribution in [0.2, 0.25) is 0 Å². The number of nitrogens with zero attached hydrogens (tertiary/aromatic N) is 2. The number of hydrogen-bond acceptors (Lipinski definition) is 6. The summed E-state index contributed by atoms with van der Waals surface area (Å²) in [4.78, 5) is 14.0. The summed E-state index contributed by atoms with van der Waals surface area (Å²) in [6, 6.07) is 19.7. The van der Waals surface area contributed by atoms with Gasteiger partial charge in [-0.1, -0.05) is 55.3 Å². The van der Waals surface area contributed by atoms with Gasteiger partial charge < -0.3 is 9.15 Å². The number of thioether (sulfide) groups is 1. The molecule has 0 radical (unpaired) electrons. The maximum Gasteiger partial charge on any atom is 0.322 e. The van der Waals surface area contributed by atoms with Gasteiger partial charge in [0.15, 0.2) is 0 Å². The number of carbonyl (C=O) groups is 1. The maximum absolute atomic E-state index is 12.8. The van der Waals surface area contributed by atoms with Crippen molar-refractivity contribution in [2.45, 2.75) is 30.4 Å². The number of fused-ring (bicyclic) bond motifs is 1. The van der Waals surface area contributed by atoms with Gasteiger partial charge in [0.25, 0.3) is 5.91 Å². The van der Waals surface area contributed by atoms with Crippen molar-refractivity contribution >= 4 is 34.5 Å². The summed E-state index contributed by atoms with van der Waals surface area (Å²) in [5.41, 5.74) is 1.46. The number of anilines is 1. The zero-order valence-corrected chi connectivity index (χ0v) is 18.4. The molecular formula is C24H23N3O3S. The van der Waals surface area contributed by atoms with E-state index in [-0.39, 0.29) is 11.9 Å². The molecule has 4 aromatic rings. The summed E-state index contributed by atoms with van der Waals surface area (Å²) < 4.78 is 11.0. The molecule has 31 heavy (non-hydrogen) atoms. The minimum Gasteiger partial charge on any atom is -0.496 e. The smallest absolute Gasteiger partial charge is 0.322 e. The summed E-state index contributed by atoms with van der Waals surface area (Å²) in [5, 5.41) is 13.2. The zero-order valence-electron chi connectivity index (χ0n) is 17.6. The third-order valence-electron chi connectivity index (χ3n) is 4.65. The minimum absolute atomic E-state index is 0.0576. The molecule has 3 aromatic carbocycles. The molecule has 0 bridgehead atoms. The first kappa shape index (κ1) is 20.9. The average molecular weight is 434 g/mol. The van der Waals surface area contributed by atoms with E-state index in [0.29, 0.717) is 28.9 Å². The molecule has 0 atom stereocenters. The van der Waals surface area contributed by atoms with Crippen LogP contribution in [0.1, 0.15) is 35.7 Å². The Morgan fingerprint density at radius 2 is 1.77 bits per heavy atom. The molecule has 158 valence electrons. The molecule has 0 aliphatic rings. The predicted octanol–water partition coefficient (Wildman–Crippen LogP) is 5.58. The van der Waals surface area contributed by atoms with Gasteiger partial charge in [-0.2, -0.15) is 0 Å². The van der Waals surface area contributed by atoms with Crippen molar-refractivity contribution in [1.82, 2.24) is 10.2 Å². The Morgan fingerprint density at radius 3 is 2.45 bits per heavy atom. The number of rotatable bonds is 7. The summed E-state index contributed by atoms with van der Waals surface area (Å²) >= 11 is 1.82. The molecule has 0 aliphatic heterocycles. The van der Waals surface area contributed by atoms with Crippen LogP contribution in [-0.4, -0.2) is 28.5 Å². The lowest BCUT2D eigenvalue weighted by molar-refractivity contribution is 0.102. The SMILES string of the molecule is COc1cc2ccccc2cc1C(=O)Nc1nnc(Cc2ccc(SC(C)C)cc2)o1. The molecule has 1 aromatic heterocycles. The Hall–Kier alpha value is -3.32. The van der Waals surface area contributed by atoms with Crippen LogP contribution in [0, 0.1) is 0 Å². The first-order valence-electron chi connectivity index (χ1n) is 9.98. The zero-order chi connectivity index (χ0) is 21.8. The van der Waals surface area contributed by atoms with E-state index >= 15 is 0 Å². The first-order chi connectivity index (χ1) is 15.0. The number of nitrogens with one attached hydrogen (secondary N) is 1. The van der Waals surface area contributed by atoms with Crippen molar-refractivity contribution < 1.29 is 13.9 Å². The van der Waals surface area contributed by atoms with E-state index in [4.69, 9.17) is 9.15 Å². The van der Waals surface area contributed by atoms with Crippen LogP contribution in [0.5, 0.6) is 5.75 Å². The highest BCUT2D eigenvalue weighted by atomic mass is 32.2. The summed E-state index contributed by atoms with van der Waals surface area (Å²) in [5.74, 6) is 0.549. The van der Waals surface area contributed by atoms with E-state index in [1.165, 1.54) is 12.0 Å². The second-order valence-corrected chi connectivity index (χ2v) is 8.99. The third kappa shape index (κ3) is 5.06. The van der Waals surface area contributed by atoms with Crippen LogP contribution in [0.15, 0.2) is 70.0 Å². The van der Waals surface area contributed by atoms with Crippen molar-refractivity contribution in [3.8, 4) is 5.75 Å². The van der Waals surface area contributed by atoms with Gasteiger partial charge in [0.2, 0.25) is 5.89 Å². The maximum atomic E-state index is 12.8. The van der Waals surface area contributed by atoms with E-state index < -0.39 is 0 Å². The second-order valence-electron chi connectivity index (χ2n) is 7.34. The van der Waals surface area contributed by atoms with Crippen molar-refractivity contribution in [3.05, 3.63) is 77.7 Å². The molecule has 6 nitrogen and oxygen atoms in total. The summed E-state index contributed by atoms with van der Waals surface area (Å²) in [6.07, 6.45) is 0.495. The Bertz CT molecular complexity index is 1200. The number of carbonyl (C=O) groups excluding carboxylic acids is 1. The number of aromatic nitrogens is 2. The van der Waals surface area contributed by atoms with E-state index in [0.717, 1.165) is 16.3 Å². The molecule has 0 spiro atoms. The molecule has 4 rings (SSSR count). The van der Waals surface area contributed by atoms with Crippen LogP contribution in [0.3, 0.4) is 0 Å². The monoisotopic (exact) mass is 433 g/mol. The number of ether oxygens (including phenoxy) is 1.